The normalized spacial score (nSPS) is 42.2. The van der Waals surface area contributed by atoms with E-state index in [9.17, 15) is 14.7 Å². The van der Waals surface area contributed by atoms with Crippen molar-refractivity contribution in [1.82, 2.24) is 0 Å². The molecule has 0 amide bonds. The van der Waals surface area contributed by atoms with E-state index >= 15 is 0 Å². The maximum Gasteiger partial charge on any atom is 0.347 e. The van der Waals surface area contributed by atoms with Crippen molar-refractivity contribution < 1.29 is 19.4 Å². The number of rotatable bonds is 2. The molecular formula is C20H22O4. The van der Waals surface area contributed by atoms with Crippen molar-refractivity contribution in [3.05, 3.63) is 35.4 Å². The van der Waals surface area contributed by atoms with Crippen LogP contribution in [-0.2, 0) is 16.0 Å². The average Bonchev–Trinajstić information content (AvgIpc) is 2.78. The molecule has 1 atom stereocenters. The molecule has 0 saturated heterocycles. The Labute approximate surface area is 141 Å². The van der Waals surface area contributed by atoms with Crippen LogP contribution in [0.25, 0.3) is 0 Å². The smallest absolute Gasteiger partial charge is 0.347 e. The van der Waals surface area contributed by atoms with E-state index in [-0.39, 0.29) is 6.42 Å². The van der Waals surface area contributed by atoms with E-state index in [0.717, 1.165) is 24.8 Å². The van der Waals surface area contributed by atoms with E-state index in [2.05, 4.69) is 0 Å². The fourth-order valence-electron chi connectivity index (χ4n) is 6.08. The van der Waals surface area contributed by atoms with E-state index in [1.54, 1.807) is 18.2 Å². The fourth-order valence-corrected chi connectivity index (χ4v) is 6.08. The third-order valence-electron chi connectivity index (χ3n) is 6.71. The Bertz CT molecular complexity index is 702. The highest BCUT2D eigenvalue weighted by molar-refractivity contribution is 6.18. The van der Waals surface area contributed by atoms with Crippen LogP contribution in [0.3, 0.4) is 0 Å². The van der Waals surface area contributed by atoms with Crippen LogP contribution in [0, 0.1) is 17.8 Å². The number of esters is 1. The summed E-state index contributed by atoms with van der Waals surface area (Å²) in [7, 11) is 0. The number of fused-ring (bicyclic) bond motifs is 1. The highest BCUT2D eigenvalue weighted by Gasteiger charge is 2.57. The highest BCUT2D eigenvalue weighted by atomic mass is 16.6. The van der Waals surface area contributed by atoms with Crippen LogP contribution in [0.15, 0.2) is 24.3 Å². The fraction of sp³-hybridized carbons (Fsp3) is 0.600. The number of carbonyl (C=O) groups is 2. The molecule has 4 nitrogen and oxygen atoms in total. The van der Waals surface area contributed by atoms with Gasteiger partial charge in [-0.05, 0) is 61.8 Å². The molecule has 5 aliphatic carbocycles. The predicted molar refractivity (Wildman–Crippen MR) is 86.4 cm³/mol. The lowest BCUT2D eigenvalue weighted by molar-refractivity contribution is -0.199. The quantitative estimate of drug-likeness (QED) is 0.670. The average molecular weight is 326 g/mol. The lowest BCUT2D eigenvalue weighted by atomic mass is 9.54. The zero-order valence-electron chi connectivity index (χ0n) is 13.7. The summed E-state index contributed by atoms with van der Waals surface area (Å²) in [5, 5.41) is 10.8. The van der Waals surface area contributed by atoms with Gasteiger partial charge in [0.05, 0.1) is 0 Å². The number of ether oxygens (including phenoxy) is 1. The molecule has 6 rings (SSSR count). The second kappa shape index (κ2) is 4.69. The van der Waals surface area contributed by atoms with Gasteiger partial charge in [-0.1, -0.05) is 24.3 Å². The molecule has 4 bridgehead atoms. The van der Waals surface area contributed by atoms with Crippen LogP contribution >= 0.6 is 0 Å². The molecule has 126 valence electrons. The minimum atomic E-state index is -2.03. The molecule has 0 aromatic heterocycles. The van der Waals surface area contributed by atoms with Crippen molar-refractivity contribution in [2.45, 2.75) is 56.1 Å². The summed E-state index contributed by atoms with van der Waals surface area (Å²) in [4.78, 5) is 25.4. The van der Waals surface area contributed by atoms with Gasteiger partial charge in [-0.3, -0.25) is 4.79 Å². The molecule has 0 radical (unpaired) electrons. The summed E-state index contributed by atoms with van der Waals surface area (Å²) in [5.41, 5.74) is -1.29. The summed E-state index contributed by atoms with van der Waals surface area (Å²) < 4.78 is 5.93. The Kier molecular flexibility index (Phi) is 2.86. The molecule has 4 saturated carbocycles. The molecule has 4 fully saturated rings. The number of ketones is 1. The maximum absolute atomic E-state index is 12.8. The number of carbonyl (C=O) groups excluding carboxylic acids is 2. The number of hydrogen-bond donors (Lipinski definition) is 1. The van der Waals surface area contributed by atoms with Crippen molar-refractivity contribution >= 4 is 11.8 Å². The molecule has 1 N–H and O–H groups in total. The van der Waals surface area contributed by atoms with Gasteiger partial charge in [0, 0.05) is 12.0 Å². The third-order valence-corrected chi connectivity index (χ3v) is 6.71. The van der Waals surface area contributed by atoms with Gasteiger partial charge in [0.15, 0.2) is 0 Å². The zero-order valence-corrected chi connectivity index (χ0v) is 13.7. The molecular weight excluding hydrogens is 304 g/mol. The molecule has 0 heterocycles. The molecule has 0 unspecified atom stereocenters. The van der Waals surface area contributed by atoms with Gasteiger partial charge >= 0.3 is 5.97 Å². The first-order valence-corrected chi connectivity index (χ1v) is 9.06. The second-order valence-corrected chi connectivity index (χ2v) is 8.51. The van der Waals surface area contributed by atoms with Crippen LogP contribution in [0.5, 0.6) is 0 Å². The predicted octanol–water partition coefficient (Wildman–Crippen LogP) is 2.67. The van der Waals surface area contributed by atoms with Crippen LogP contribution < -0.4 is 0 Å². The molecule has 1 aromatic carbocycles. The van der Waals surface area contributed by atoms with E-state index in [1.807, 2.05) is 6.07 Å². The van der Waals surface area contributed by atoms with Crippen LogP contribution in [0.2, 0.25) is 0 Å². The molecule has 5 aliphatic rings. The van der Waals surface area contributed by atoms with Crippen LogP contribution in [0.4, 0.5) is 0 Å². The number of aliphatic hydroxyl groups is 1. The number of benzene rings is 1. The Hall–Kier alpha value is -1.68. The Balaban J connectivity index is 1.41. The maximum atomic E-state index is 12.8. The first-order valence-electron chi connectivity index (χ1n) is 9.06. The van der Waals surface area contributed by atoms with E-state index in [4.69, 9.17) is 4.74 Å². The monoisotopic (exact) mass is 326 g/mol. The van der Waals surface area contributed by atoms with E-state index < -0.39 is 23.0 Å². The SMILES string of the molecule is O=C(OC12CC3CC(CC(C3)C1)C2)[C@@]1(O)Cc2ccccc2C1=O. The van der Waals surface area contributed by atoms with Gasteiger partial charge in [-0.25, -0.2) is 4.79 Å². The van der Waals surface area contributed by atoms with Gasteiger partial charge < -0.3 is 9.84 Å². The lowest BCUT2D eigenvalue weighted by Crippen LogP contribution is -2.56. The van der Waals surface area contributed by atoms with Crippen molar-refractivity contribution in [2.75, 3.05) is 0 Å². The Morgan fingerprint density at radius 1 is 1.04 bits per heavy atom. The molecule has 0 spiro atoms. The summed E-state index contributed by atoms with van der Waals surface area (Å²) in [6, 6.07) is 7.05. The van der Waals surface area contributed by atoms with E-state index in [1.165, 1.54) is 19.3 Å². The van der Waals surface area contributed by atoms with Gasteiger partial charge in [0.1, 0.15) is 5.60 Å². The van der Waals surface area contributed by atoms with Crippen LogP contribution in [-0.4, -0.2) is 28.1 Å². The molecule has 0 aliphatic heterocycles. The van der Waals surface area contributed by atoms with Crippen molar-refractivity contribution in [2.24, 2.45) is 17.8 Å². The van der Waals surface area contributed by atoms with Gasteiger partial charge in [0.2, 0.25) is 11.4 Å². The van der Waals surface area contributed by atoms with Crippen molar-refractivity contribution in [1.29, 1.82) is 0 Å². The van der Waals surface area contributed by atoms with Gasteiger partial charge in [-0.2, -0.15) is 0 Å². The van der Waals surface area contributed by atoms with E-state index in [0.29, 0.717) is 23.3 Å². The Morgan fingerprint density at radius 2 is 1.62 bits per heavy atom. The summed E-state index contributed by atoms with van der Waals surface area (Å²) in [5.74, 6) is 0.707. The Morgan fingerprint density at radius 3 is 2.21 bits per heavy atom. The minimum absolute atomic E-state index is 0.0349. The minimum Gasteiger partial charge on any atom is -0.457 e. The molecule has 24 heavy (non-hydrogen) atoms. The zero-order chi connectivity index (χ0) is 16.5. The second-order valence-electron chi connectivity index (χ2n) is 8.51. The summed E-state index contributed by atoms with van der Waals surface area (Å²) >= 11 is 0. The summed E-state index contributed by atoms with van der Waals surface area (Å²) in [6.07, 6.45) is 6.52. The first kappa shape index (κ1) is 14.6. The largest absolute Gasteiger partial charge is 0.457 e. The molecule has 4 heteroatoms. The number of hydrogen-bond acceptors (Lipinski definition) is 4. The van der Waals surface area contributed by atoms with Gasteiger partial charge in [-0.15, -0.1) is 0 Å². The highest BCUT2D eigenvalue weighted by Crippen LogP contribution is 2.57. The molecule has 1 aromatic rings. The lowest BCUT2D eigenvalue weighted by Gasteiger charge is -2.56. The number of Topliss-reactive ketones (excluding diaryl/α,β-unsaturated/α-hetero) is 1. The third kappa shape index (κ3) is 1.95. The standard InChI is InChI=1S/C20H22O4/c21-17-16-4-2-1-3-15(16)11-20(17,23)18(22)24-19-8-12-5-13(9-19)7-14(6-12)10-19/h1-4,12-14,23H,5-11H2/t12?,13?,14?,19?,20-/m1/s1. The van der Waals surface area contributed by atoms with Crippen LogP contribution in [0.1, 0.15) is 54.4 Å². The topological polar surface area (TPSA) is 63.6 Å². The van der Waals surface area contributed by atoms with Crippen molar-refractivity contribution in [3.8, 4) is 0 Å². The first-order chi connectivity index (χ1) is 11.5. The van der Waals surface area contributed by atoms with Crippen molar-refractivity contribution in [3.63, 3.8) is 0 Å². The van der Waals surface area contributed by atoms with Gasteiger partial charge in [0.25, 0.3) is 0 Å². The summed E-state index contributed by atoms with van der Waals surface area (Å²) in [6.45, 7) is 0.